The van der Waals surface area contributed by atoms with Crippen molar-refractivity contribution in [3.05, 3.63) is 24.0 Å². The quantitative estimate of drug-likeness (QED) is 0.821. The summed E-state index contributed by atoms with van der Waals surface area (Å²) in [6.07, 6.45) is 3.37. The van der Waals surface area contributed by atoms with E-state index in [0.29, 0.717) is 5.69 Å². The Balaban J connectivity index is 1.98. The van der Waals surface area contributed by atoms with Crippen LogP contribution in [0.4, 0.5) is 5.69 Å². The van der Waals surface area contributed by atoms with E-state index in [1.54, 1.807) is 12.3 Å². The molecule has 1 amide bonds. The Morgan fingerprint density at radius 2 is 2.24 bits per heavy atom. The van der Waals surface area contributed by atoms with E-state index < -0.39 is 0 Å². The highest BCUT2D eigenvalue weighted by Crippen LogP contribution is 2.09. The van der Waals surface area contributed by atoms with Crippen LogP contribution in [0.15, 0.2) is 18.3 Å². The Bertz CT molecular complexity index is 389. The maximum atomic E-state index is 11.9. The summed E-state index contributed by atoms with van der Waals surface area (Å²) in [4.78, 5) is 16.0. The van der Waals surface area contributed by atoms with Gasteiger partial charge >= 0.3 is 0 Å². The molecule has 0 unspecified atom stereocenters. The van der Waals surface area contributed by atoms with Gasteiger partial charge in [-0.2, -0.15) is 0 Å². The zero-order chi connectivity index (χ0) is 12.1. The molecular formula is C12H17N3O2. The molecule has 1 aromatic heterocycles. The molecule has 0 spiro atoms. The summed E-state index contributed by atoms with van der Waals surface area (Å²) in [5, 5.41) is 5.96. The Labute approximate surface area is 101 Å². The van der Waals surface area contributed by atoms with Gasteiger partial charge in [0.25, 0.3) is 5.91 Å². The fourth-order valence-corrected chi connectivity index (χ4v) is 1.81. The average molecular weight is 235 g/mol. The molecule has 0 saturated carbocycles. The zero-order valence-electron chi connectivity index (χ0n) is 9.90. The molecule has 0 bridgehead atoms. The first kappa shape index (κ1) is 11.9. The minimum absolute atomic E-state index is 0.117. The number of anilines is 1. The first-order valence-corrected chi connectivity index (χ1v) is 5.82. The smallest absolute Gasteiger partial charge is 0.270 e. The number of amides is 1. The van der Waals surface area contributed by atoms with Crippen LogP contribution in [0, 0.1) is 0 Å². The molecule has 17 heavy (non-hydrogen) atoms. The zero-order valence-corrected chi connectivity index (χ0v) is 9.90. The Hall–Kier alpha value is -1.62. The number of rotatable bonds is 3. The molecule has 0 radical (unpaired) electrons. The summed E-state index contributed by atoms with van der Waals surface area (Å²) in [7, 11) is 1.81. The molecule has 1 aliphatic heterocycles. The highest BCUT2D eigenvalue weighted by molar-refractivity contribution is 5.93. The van der Waals surface area contributed by atoms with Gasteiger partial charge in [0.15, 0.2) is 0 Å². The molecule has 0 atom stereocenters. The third-order valence-corrected chi connectivity index (χ3v) is 2.84. The Morgan fingerprint density at radius 1 is 1.47 bits per heavy atom. The summed E-state index contributed by atoms with van der Waals surface area (Å²) in [5.74, 6) is -0.117. The Kier molecular flexibility index (Phi) is 3.93. The summed E-state index contributed by atoms with van der Waals surface area (Å²) >= 11 is 0. The van der Waals surface area contributed by atoms with Gasteiger partial charge in [0.2, 0.25) is 0 Å². The highest BCUT2D eigenvalue weighted by Gasteiger charge is 2.17. The van der Waals surface area contributed by atoms with Gasteiger partial charge in [0.05, 0.1) is 0 Å². The van der Waals surface area contributed by atoms with Crippen molar-refractivity contribution in [2.24, 2.45) is 0 Å². The lowest BCUT2D eigenvalue weighted by molar-refractivity contribution is 0.0694. The highest BCUT2D eigenvalue weighted by atomic mass is 16.5. The van der Waals surface area contributed by atoms with Crippen molar-refractivity contribution in [3.63, 3.8) is 0 Å². The molecule has 2 heterocycles. The van der Waals surface area contributed by atoms with Gasteiger partial charge in [-0.3, -0.25) is 9.78 Å². The molecule has 1 aromatic rings. The van der Waals surface area contributed by atoms with Gasteiger partial charge in [-0.05, 0) is 25.0 Å². The second-order valence-electron chi connectivity index (χ2n) is 4.04. The number of ether oxygens (including phenoxy) is 1. The van der Waals surface area contributed by atoms with E-state index in [2.05, 4.69) is 15.6 Å². The molecule has 0 aromatic carbocycles. The second kappa shape index (κ2) is 5.63. The number of nitrogens with zero attached hydrogens (tertiary/aromatic N) is 1. The van der Waals surface area contributed by atoms with Gasteiger partial charge in [0, 0.05) is 38.2 Å². The number of carbonyl (C=O) groups is 1. The van der Waals surface area contributed by atoms with Crippen LogP contribution in [0.2, 0.25) is 0 Å². The van der Waals surface area contributed by atoms with E-state index in [0.717, 1.165) is 31.7 Å². The Morgan fingerprint density at radius 3 is 2.94 bits per heavy atom. The minimum Gasteiger partial charge on any atom is -0.388 e. The SMILES string of the molecule is CNc1ccnc(C(=O)NC2CCOCC2)c1. The predicted molar refractivity (Wildman–Crippen MR) is 65.1 cm³/mol. The van der Waals surface area contributed by atoms with Crippen molar-refractivity contribution in [1.29, 1.82) is 0 Å². The van der Waals surface area contributed by atoms with Crippen LogP contribution in [0.5, 0.6) is 0 Å². The lowest BCUT2D eigenvalue weighted by Crippen LogP contribution is -2.39. The number of aromatic nitrogens is 1. The number of hydrogen-bond acceptors (Lipinski definition) is 4. The molecular weight excluding hydrogens is 218 g/mol. The number of pyridine rings is 1. The van der Waals surface area contributed by atoms with E-state index in [1.807, 2.05) is 13.1 Å². The van der Waals surface area contributed by atoms with Crippen LogP contribution in [0.25, 0.3) is 0 Å². The van der Waals surface area contributed by atoms with Gasteiger partial charge in [0.1, 0.15) is 5.69 Å². The third-order valence-electron chi connectivity index (χ3n) is 2.84. The molecule has 92 valence electrons. The largest absolute Gasteiger partial charge is 0.388 e. The van der Waals surface area contributed by atoms with Crippen molar-refractivity contribution < 1.29 is 9.53 Å². The topological polar surface area (TPSA) is 63.2 Å². The van der Waals surface area contributed by atoms with Crippen molar-refractivity contribution >= 4 is 11.6 Å². The molecule has 1 saturated heterocycles. The molecule has 2 rings (SSSR count). The van der Waals surface area contributed by atoms with Gasteiger partial charge in [-0.25, -0.2) is 0 Å². The molecule has 1 aliphatic rings. The summed E-state index contributed by atoms with van der Waals surface area (Å²) in [6.45, 7) is 1.43. The molecule has 5 nitrogen and oxygen atoms in total. The van der Waals surface area contributed by atoms with Gasteiger partial charge in [-0.1, -0.05) is 0 Å². The van der Waals surface area contributed by atoms with Crippen LogP contribution in [0.3, 0.4) is 0 Å². The molecule has 5 heteroatoms. The lowest BCUT2D eigenvalue weighted by Gasteiger charge is -2.22. The van der Waals surface area contributed by atoms with Crippen LogP contribution in [-0.2, 0) is 4.74 Å². The summed E-state index contributed by atoms with van der Waals surface area (Å²) in [5.41, 5.74) is 1.33. The van der Waals surface area contributed by atoms with Crippen molar-refractivity contribution in [2.75, 3.05) is 25.6 Å². The standard InChI is InChI=1S/C12H17N3O2/c1-13-10-2-5-14-11(8-10)12(16)15-9-3-6-17-7-4-9/h2,5,8-9H,3-4,6-7H2,1H3,(H,13,14)(H,15,16). The van der Waals surface area contributed by atoms with E-state index in [9.17, 15) is 4.79 Å². The molecule has 2 N–H and O–H groups in total. The monoisotopic (exact) mass is 235 g/mol. The molecule has 1 fully saturated rings. The summed E-state index contributed by atoms with van der Waals surface area (Å²) < 4.78 is 5.25. The fraction of sp³-hybridized carbons (Fsp3) is 0.500. The predicted octanol–water partition coefficient (Wildman–Crippen LogP) is 1.03. The van der Waals surface area contributed by atoms with Crippen molar-refractivity contribution in [1.82, 2.24) is 10.3 Å². The second-order valence-corrected chi connectivity index (χ2v) is 4.04. The minimum atomic E-state index is -0.117. The summed E-state index contributed by atoms with van der Waals surface area (Å²) in [6, 6.07) is 3.77. The first-order valence-electron chi connectivity index (χ1n) is 5.82. The van der Waals surface area contributed by atoms with Crippen LogP contribution < -0.4 is 10.6 Å². The van der Waals surface area contributed by atoms with Crippen LogP contribution >= 0.6 is 0 Å². The average Bonchev–Trinajstić information content (AvgIpc) is 2.40. The maximum Gasteiger partial charge on any atom is 0.270 e. The first-order chi connectivity index (χ1) is 8.29. The van der Waals surface area contributed by atoms with Gasteiger partial charge in [-0.15, -0.1) is 0 Å². The van der Waals surface area contributed by atoms with Crippen molar-refractivity contribution in [2.45, 2.75) is 18.9 Å². The fourth-order valence-electron chi connectivity index (χ4n) is 1.81. The van der Waals surface area contributed by atoms with Gasteiger partial charge < -0.3 is 15.4 Å². The number of hydrogen-bond donors (Lipinski definition) is 2. The number of carbonyl (C=O) groups excluding carboxylic acids is 1. The van der Waals surface area contributed by atoms with E-state index in [4.69, 9.17) is 4.74 Å². The van der Waals surface area contributed by atoms with Crippen LogP contribution in [-0.4, -0.2) is 37.2 Å². The normalized spacial score (nSPS) is 16.5. The van der Waals surface area contributed by atoms with Crippen molar-refractivity contribution in [3.8, 4) is 0 Å². The third kappa shape index (κ3) is 3.17. The molecule has 0 aliphatic carbocycles. The van der Waals surface area contributed by atoms with E-state index in [1.165, 1.54) is 0 Å². The van der Waals surface area contributed by atoms with E-state index in [-0.39, 0.29) is 11.9 Å². The van der Waals surface area contributed by atoms with E-state index >= 15 is 0 Å². The van der Waals surface area contributed by atoms with Crippen LogP contribution in [0.1, 0.15) is 23.3 Å². The number of nitrogens with one attached hydrogen (secondary N) is 2. The maximum absolute atomic E-state index is 11.9. The lowest BCUT2D eigenvalue weighted by atomic mass is 10.1.